The number of hydrogen-bond donors (Lipinski definition) is 0. The Morgan fingerprint density at radius 1 is 1.09 bits per heavy atom. The highest BCUT2D eigenvalue weighted by atomic mass is 79.9. The maximum atomic E-state index is 13.3. The molecule has 0 spiro atoms. The second kappa shape index (κ2) is 9.91. The Bertz CT molecular complexity index is 1120. The Kier molecular flexibility index (Phi) is 6.98. The molecule has 0 bridgehead atoms. The maximum absolute atomic E-state index is 13.3. The Labute approximate surface area is 202 Å². The lowest BCUT2D eigenvalue weighted by molar-refractivity contribution is 0.0556. The molecular weight excluding hydrogens is 486 g/mol. The summed E-state index contributed by atoms with van der Waals surface area (Å²) in [5.74, 6) is 2.63. The van der Waals surface area contributed by atoms with Crippen LogP contribution in [0.3, 0.4) is 0 Å². The summed E-state index contributed by atoms with van der Waals surface area (Å²) in [6, 6.07) is 15.1. The normalized spacial score (nSPS) is 15.3. The number of methoxy groups -OCH3 is 2. The maximum Gasteiger partial charge on any atom is 0.290 e. The van der Waals surface area contributed by atoms with Gasteiger partial charge in [-0.05, 0) is 81.4 Å². The van der Waals surface area contributed by atoms with E-state index in [1.165, 1.54) is 5.56 Å². The second-order valence-corrected chi connectivity index (χ2v) is 9.09. The van der Waals surface area contributed by atoms with Crippen LogP contribution in [-0.2, 0) is 6.42 Å². The van der Waals surface area contributed by atoms with Gasteiger partial charge in [-0.1, -0.05) is 26.0 Å². The molecule has 1 unspecified atom stereocenters. The lowest BCUT2D eigenvalue weighted by Gasteiger charge is -2.37. The van der Waals surface area contributed by atoms with Crippen molar-refractivity contribution >= 4 is 21.8 Å². The average molecular weight is 514 g/mol. The first-order valence-electron chi connectivity index (χ1n) is 10.9. The van der Waals surface area contributed by atoms with Crippen LogP contribution in [0.4, 0.5) is 0 Å². The van der Waals surface area contributed by atoms with Crippen molar-refractivity contribution < 1.29 is 23.4 Å². The van der Waals surface area contributed by atoms with Gasteiger partial charge in [0.15, 0.2) is 21.9 Å². The first-order chi connectivity index (χ1) is 15.9. The van der Waals surface area contributed by atoms with E-state index in [0.717, 1.165) is 16.9 Å². The van der Waals surface area contributed by atoms with Crippen LogP contribution >= 0.6 is 15.9 Å². The highest BCUT2D eigenvalue weighted by Gasteiger charge is 2.34. The molecule has 33 heavy (non-hydrogen) atoms. The van der Waals surface area contributed by atoms with E-state index in [1.54, 1.807) is 26.4 Å². The molecule has 0 saturated heterocycles. The third-order valence-corrected chi connectivity index (χ3v) is 6.43. The van der Waals surface area contributed by atoms with Crippen LogP contribution in [0.5, 0.6) is 17.2 Å². The van der Waals surface area contributed by atoms with Crippen LogP contribution in [0, 0.1) is 0 Å². The fourth-order valence-electron chi connectivity index (χ4n) is 4.15. The van der Waals surface area contributed by atoms with Crippen molar-refractivity contribution in [3.63, 3.8) is 0 Å². The molecule has 1 aromatic heterocycles. The van der Waals surface area contributed by atoms with Crippen molar-refractivity contribution in [2.45, 2.75) is 32.2 Å². The minimum absolute atomic E-state index is 0.176. The highest BCUT2D eigenvalue weighted by molar-refractivity contribution is 9.10. The number of carbonyl (C=O) groups excluding carboxylic acids is 1. The molecule has 1 aliphatic rings. The van der Waals surface area contributed by atoms with Gasteiger partial charge in [-0.25, -0.2) is 0 Å². The van der Waals surface area contributed by atoms with Gasteiger partial charge in [0.2, 0.25) is 0 Å². The van der Waals surface area contributed by atoms with E-state index in [2.05, 4.69) is 41.9 Å². The molecule has 1 atom stereocenters. The smallest absolute Gasteiger partial charge is 0.290 e. The highest BCUT2D eigenvalue weighted by Crippen LogP contribution is 2.39. The molecule has 3 aromatic rings. The molecule has 0 N–H and O–H groups in total. The largest absolute Gasteiger partial charge is 0.493 e. The SMILES string of the molecule is COc1cc2c(cc1OC)C(COc1ccc(C(C)C)cc1)N(C(=O)c1ccc(Br)o1)CC2. The summed E-state index contributed by atoms with van der Waals surface area (Å²) in [6.07, 6.45) is 0.697. The van der Waals surface area contributed by atoms with Crippen molar-refractivity contribution in [3.05, 3.63) is 75.7 Å². The summed E-state index contributed by atoms with van der Waals surface area (Å²) in [5.41, 5.74) is 3.35. The van der Waals surface area contributed by atoms with Gasteiger partial charge in [-0.15, -0.1) is 0 Å². The minimum atomic E-state index is -0.310. The molecule has 174 valence electrons. The van der Waals surface area contributed by atoms with Crippen LogP contribution in [0.1, 0.15) is 53.1 Å². The molecule has 4 rings (SSSR count). The van der Waals surface area contributed by atoms with Gasteiger partial charge in [0.05, 0.1) is 20.3 Å². The Balaban J connectivity index is 1.66. The molecule has 0 fully saturated rings. The number of rotatable bonds is 7. The third kappa shape index (κ3) is 4.88. The van der Waals surface area contributed by atoms with Crippen LogP contribution < -0.4 is 14.2 Å². The second-order valence-electron chi connectivity index (χ2n) is 8.31. The van der Waals surface area contributed by atoms with Crippen LogP contribution in [-0.4, -0.2) is 38.2 Å². The fourth-order valence-corrected chi connectivity index (χ4v) is 4.45. The predicted octanol–water partition coefficient (Wildman–Crippen LogP) is 6.00. The van der Waals surface area contributed by atoms with E-state index in [0.29, 0.717) is 41.7 Å². The Morgan fingerprint density at radius 3 is 2.39 bits per heavy atom. The van der Waals surface area contributed by atoms with Crippen molar-refractivity contribution in [3.8, 4) is 17.2 Å². The molecule has 7 heteroatoms. The third-order valence-electron chi connectivity index (χ3n) is 6.00. The quantitative estimate of drug-likeness (QED) is 0.387. The lowest BCUT2D eigenvalue weighted by atomic mass is 9.92. The van der Waals surface area contributed by atoms with E-state index in [9.17, 15) is 4.79 Å². The zero-order valence-electron chi connectivity index (χ0n) is 19.3. The fraction of sp³-hybridized carbons (Fsp3) is 0.346. The van der Waals surface area contributed by atoms with Crippen molar-refractivity contribution in [1.29, 1.82) is 0 Å². The number of benzene rings is 2. The molecule has 0 saturated carbocycles. The number of hydrogen-bond acceptors (Lipinski definition) is 5. The number of carbonyl (C=O) groups is 1. The van der Waals surface area contributed by atoms with Crippen LogP contribution in [0.25, 0.3) is 0 Å². The summed E-state index contributed by atoms with van der Waals surface area (Å²) in [7, 11) is 3.23. The summed E-state index contributed by atoms with van der Waals surface area (Å²) in [4.78, 5) is 15.1. The predicted molar refractivity (Wildman–Crippen MR) is 129 cm³/mol. The number of nitrogens with zero attached hydrogens (tertiary/aromatic N) is 1. The summed E-state index contributed by atoms with van der Waals surface area (Å²) >= 11 is 3.28. The molecule has 2 aromatic carbocycles. The number of amides is 1. The summed E-state index contributed by atoms with van der Waals surface area (Å²) < 4.78 is 23.3. The van der Waals surface area contributed by atoms with E-state index < -0.39 is 0 Å². The monoisotopic (exact) mass is 513 g/mol. The molecule has 0 radical (unpaired) electrons. The first-order valence-corrected chi connectivity index (χ1v) is 11.7. The van der Waals surface area contributed by atoms with Gasteiger partial charge in [0.1, 0.15) is 12.4 Å². The lowest BCUT2D eigenvalue weighted by Crippen LogP contribution is -2.42. The van der Waals surface area contributed by atoms with Gasteiger partial charge < -0.3 is 23.5 Å². The minimum Gasteiger partial charge on any atom is -0.493 e. The summed E-state index contributed by atoms with van der Waals surface area (Å²) in [5, 5.41) is 0. The molecule has 0 aliphatic carbocycles. The average Bonchev–Trinajstić information content (AvgIpc) is 3.27. The number of furan rings is 1. The van der Waals surface area contributed by atoms with Crippen LogP contribution in [0.15, 0.2) is 57.6 Å². The number of ether oxygens (including phenoxy) is 3. The Morgan fingerprint density at radius 2 is 1.79 bits per heavy atom. The zero-order chi connectivity index (χ0) is 23.5. The summed E-state index contributed by atoms with van der Waals surface area (Å²) in [6.45, 7) is 5.16. The van der Waals surface area contributed by atoms with E-state index >= 15 is 0 Å². The molecule has 1 amide bonds. The van der Waals surface area contributed by atoms with Crippen LogP contribution in [0.2, 0.25) is 0 Å². The van der Waals surface area contributed by atoms with Crippen molar-refractivity contribution in [2.75, 3.05) is 27.4 Å². The Hall–Kier alpha value is -2.93. The zero-order valence-corrected chi connectivity index (χ0v) is 20.8. The van der Waals surface area contributed by atoms with Crippen molar-refractivity contribution in [1.82, 2.24) is 4.90 Å². The number of fused-ring (bicyclic) bond motifs is 1. The molecular formula is C26H28BrNO5. The first kappa shape index (κ1) is 23.2. The number of halogens is 1. The molecule has 2 heterocycles. The molecule has 1 aliphatic heterocycles. The molecule has 6 nitrogen and oxygen atoms in total. The van der Waals surface area contributed by atoms with Gasteiger partial charge in [0.25, 0.3) is 5.91 Å². The van der Waals surface area contributed by atoms with E-state index in [-0.39, 0.29) is 17.7 Å². The standard InChI is InChI=1S/C26H28BrNO5/c1-16(2)17-5-7-19(8-6-17)32-15-21-20-14-24(31-4)23(30-3)13-18(20)11-12-28(21)26(29)22-9-10-25(27)33-22/h5-10,13-14,16,21H,11-12,15H2,1-4H3. The van der Waals surface area contributed by atoms with Gasteiger partial charge in [0, 0.05) is 6.54 Å². The van der Waals surface area contributed by atoms with Crippen molar-refractivity contribution in [2.24, 2.45) is 0 Å². The van der Waals surface area contributed by atoms with E-state index in [4.69, 9.17) is 18.6 Å². The van der Waals surface area contributed by atoms with Gasteiger partial charge in [-0.2, -0.15) is 0 Å². The van der Waals surface area contributed by atoms with Gasteiger partial charge in [-0.3, -0.25) is 4.79 Å². The van der Waals surface area contributed by atoms with Gasteiger partial charge >= 0.3 is 0 Å². The topological polar surface area (TPSA) is 61.1 Å². The van der Waals surface area contributed by atoms with E-state index in [1.807, 2.05) is 29.2 Å².